The second-order valence-electron chi connectivity index (χ2n) is 4.65. The van der Waals surface area contributed by atoms with Crippen LogP contribution in [0.2, 0.25) is 0 Å². The van der Waals surface area contributed by atoms with E-state index < -0.39 is 11.7 Å². The molecule has 0 aliphatic heterocycles. The molecular formula is C15H12FN5O. The van der Waals surface area contributed by atoms with Crippen molar-refractivity contribution in [3.63, 3.8) is 0 Å². The zero-order chi connectivity index (χ0) is 15.7. The maximum Gasteiger partial charge on any atom is 0.252 e. The number of anilines is 3. The number of nitrogen functional groups attached to an aromatic ring is 1. The number of amides is 1. The molecule has 0 saturated carbocycles. The standard InChI is InChI=1S/C15H12FN5O/c16-11-7-10(14(18)22)15(21-13(11)17)20-9-3-4-12-8(6-9)2-1-5-19-12/h1-7H,(H2,18,22)(H3,17,20,21). The van der Waals surface area contributed by atoms with E-state index in [-0.39, 0.29) is 17.2 Å². The van der Waals surface area contributed by atoms with Gasteiger partial charge < -0.3 is 16.8 Å². The fourth-order valence-corrected chi connectivity index (χ4v) is 2.08. The molecule has 0 spiro atoms. The first-order chi connectivity index (χ1) is 10.5. The lowest BCUT2D eigenvalue weighted by atomic mass is 10.2. The summed E-state index contributed by atoms with van der Waals surface area (Å²) in [5.74, 6) is -1.79. The fourth-order valence-electron chi connectivity index (χ4n) is 2.08. The summed E-state index contributed by atoms with van der Waals surface area (Å²) < 4.78 is 13.4. The number of hydrogen-bond donors (Lipinski definition) is 3. The molecule has 1 aromatic carbocycles. The predicted molar refractivity (Wildman–Crippen MR) is 82.2 cm³/mol. The molecule has 0 saturated heterocycles. The van der Waals surface area contributed by atoms with Crippen LogP contribution in [-0.4, -0.2) is 15.9 Å². The number of halogens is 1. The highest BCUT2D eigenvalue weighted by Crippen LogP contribution is 2.24. The van der Waals surface area contributed by atoms with Crippen molar-refractivity contribution in [1.29, 1.82) is 0 Å². The summed E-state index contributed by atoms with van der Waals surface area (Å²) in [5, 5.41) is 3.83. The molecule has 0 fully saturated rings. The largest absolute Gasteiger partial charge is 0.381 e. The molecule has 110 valence electrons. The van der Waals surface area contributed by atoms with Crippen LogP contribution >= 0.6 is 0 Å². The molecule has 3 rings (SSSR count). The van der Waals surface area contributed by atoms with Crippen LogP contribution in [0.1, 0.15) is 10.4 Å². The van der Waals surface area contributed by atoms with Crippen molar-refractivity contribution in [3.05, 3.63) is 54.0 Å². The number of nitrogens with two attached hydrogens (primary N) is 2. The van der Waals surface area contributed by atoms with E-state index >= 15 is 0 Å². The molecular weight excluding hydrogens is 285 g/mol. The van der Waals surface area contributed by atoms with Gasteiger partial charge in [0.15, 0.2) is 11.6 Å². The van der Waals surface area contributed by atoms with Gasteiger partial charge in [0.25, 0.3) is 5.91 Å². The third kappa shape index (κ3) is 2.51. The molecule has 0 aliphatic rings. The van der Waals surface area contributed by atoms with Crippen LogP contribution < -0.4 is 16.8 Å². The average molecular weight is 297 g/mol. The molecule has 6 nitrogen and oxygen atoms in total. The van der Waals surface area contributed by atoms with Gasteiger partial charge in [-0.15, -0.1) is 0 Å². The van der Waals surface area contributed by atoms with Gasteiger partial charge in [-0.2, -0.15) is 0 Å². The first-order valence-electron chi connectivity index (χ1n) is 6.42. The quantitative estimate of drug-likeness (QED) is 0.687. The molecule has 5 N–H and O–H groups in total. The molecule has 7 heteroatoms. The van der Waals surface area contributed by atoms with Crippen LogP contribution in [0.3, 0.4) is 0 Å². The zero-order valence-electron chi connectivity index (χ0n) is 11.4. The maximum atomic E-state index is 13.4. The van der Waals surface area contributed by atoms with Gasteiger partial charge >= 0.3 is 0 Å². The Morgan fingerprint density at radius 3 is 2.82 bits per heavy atom. The van der Waals surface area contributed by atoms with Gasteiger partial charge in [-0.25, -0.2) is 9.37 Å². The van der Waals surface area contributed by atoms with Crippen molar-refractivity contribution < 1.29 is 9.18 Å². The van der Waals surface area contributed by atoms with Crippen LogP contribution in [0.4, 0.5) is 21.7 Å². The van der Waals surface area contributed by atoms with Crippen molar-refractivity contribution >= 4 is 34.1 Å². The number of hydrogen-bond acceptors (Lipinski definition) is 5. The number of nitrogens with zero attached hydrogens (tertiary/aromatic N) is 2. The van der Waals surface area contributed by atoms with Gasteiger partial charge in [0.05, 0.1) is 11.1 Å². The Bertz CT molecular complexity index is 881. The molecule has 0 atom stereocenters. The van der Waals surface area contributed by atoms with E-state index in [2.05, 4.69) is 15.3 Å². The SMILES string of the molecule is NC(=O)c1cc(F)c(N)nc1Nc1ccc2ncccc2c1. The molecule has 2 aromatic heterocycles. The number of rotatable bonds is 3. The van der Waals surface area contributed by atoms with E-state index in [4.69, 9.17) is 11.5 Å². The first kappa shape index (κ1) is 13.7. The second-order valence-corrected chi connectivity index (χ2v) is 4.65. The number of benzene rings is 1. The van der Waals surface area contributed by atoms with Gasteiger partial charge in [0.2, 0.25) is 0 Å². The third-order valence-corrected chi connectivity index (χ3v) is 3.13. The molecule has 3 aromatic rings. The normalized spacial score (nSPS) is 10.6. The Balaban J connectivity index is 2.04. The van der Waals surface area contributed by atoms with Crippen molar-refractivity contribution in [3.8, 4) is 0 Å². The topological polar surface area (TPSA) is 107 Å². The number of primary amides is 1. The molecule has 0 bridgehead atoms. The summed E-state index contributed by atoms with van der Waals surface area (Å²) in [6.07, 6.45) is 1.70. The summed E-state index contributed by atoms with van der Waals surface area (Å²) in [6, 6.07) is 10.1. The van der Waals surface area contributed by atoms with E-state index in [1.165, 1.54) is 0 Å². The molecule has 0 radical (unpaired) electrons. The van der Waals surface area contributed by atoms with Crippen molar-refractivity contribution in [2.24, 2.45) is 5.73 Å². The first-order valence-corrected chi connectivity index (χ1v) is 6.42. The molecule has 1 amide bonds. The number of aromatic nitrogens is 2. The predicted octanol–water partition coefficient (Wildman–Crippen LogP) is 2.19. The Morgan fingerprint density at radius 1 is 1.23 bits per heavy atom. The van der Waals surface area contributed by atoms with Gasteiger partial charge in [-0.05, 0) is 30.3 Å². The molecule has 22 heavy (non-hydrogen) atoms. The highest BCUT2D eigenvalue weighted by atomic mass is 19.1. The highest BCUT2D eigenvalue weighted by molar-refractivity contribution is 5.98. The second kappa shape index (κ2) is 5.28. The van der Waals surface area contributed by atoms with Gasteiger partial charge in [0, 0.05) is 17.3 Å². The Hall–Kier alpha value is -3.22. The number of carbonyl (C=O) groups excluding carboxylic acids is 1. The smallest absolute Gasteiger partial charge is 0.252 e. The van der Waals surface area contributed by atoms with Crippen LogP contribution in [0, 0.1) is 5.82 Å². The molecule has 0 unspecified atom stereocenters. The number of pyridine rings is 2. The van der Waals surface area contributed by atoms with Crippen molar-refractivity contribution in [2.45, 2.75) is 0 Å². The summed E-state index contributed by atoms with van der Waals surface area (Å²) in [7, 11) is 0. The van der Waals surface area contributed by atoms with Crippen LogP contribution in [0.25, 0.3) is 10.9 Å². The summed E-state index contributed by atoms with van der Waals surface area (Å²) >= 11 is 0. The lowest BCUT2D eigenvalue weighted by molar-refractivity contribution is 0.100. The third-order valence-electron chi connectivity index (χ3n) is 3.13. The monoisotopic (exact) mass is 297 g/mol. The van der Waals surface area contributed by atoms with E-state index in [0.29, 0.717) is 5.69 Å². The minimum absolute atomic E-state index is 0.0713. The summed E-state index contributed by atoms with van der Waals surface area (Å²) in [6.45, 7) is 0. The Labute approximate surface area is 125 Å². The Kier molecular flexibility index (Phi) is 3.30. The van der Waals surface area contributed by atoms with Crippen LogP contribution in [-0.2, 0) is 0 Å². The maximum absolute atomic E-state index is 13.4. The summed E-state index contributed by atoms with van der Waals surface area (Å²) in [5.41, 5.74) is 12.1. The van der Waals surface area contributed by atoms with Crippen molar-refractivity contribution in [1.82, 2.24) is 9.97 Å². The van der Waals surface area contributed by atoms with E-state index in [9.17, 15) is 9.18 Å². The number of carbonyl (C=O) groups is 1. The molecule has 2 heterocycles. The lowest BCUT2D eigenvalue weighted by Crippen LogP contribution is -2.16. The zero-order valence-corrected chi connectivity index (χ0v) is 11.4. The lowest BCUT2D eigenvalue weighted by Gasteiger charge is -2.11. The minimum Gasteiger partial charge on any atom is -0.381 e. The Morgan fingerprint density at radius 2 is 2.05 bits per heavy atom. The number of nitrogens with one attached hydrogen (secondary N) is 1. The van der Waals surface area contributed by atoms with Gasteiger partial charge in [-0.3, -0.25) is 9.78 Å². The van der Waals surface area contributed by atoms with Gasteiger partial charge in [0.1, 0.15) is 5.82 Å². The van der Waals surface area contributed by atoms with E-state index in [1.807, 2.05) is 24.3 Å². The van der Waals surface area contributed by atoms with Gasteiger partial charge in [-0.1, -0.05) is 6.07 Å². The minimum atomic E-state index is -0.795. The molecule has 0 aliphatic carbocycles. The van der Waals surface area contributed by atoms with Crippen LogP contribution in [0.5, 0.6) is 0 Å². The highest BCUT2D eigenvalue weighted by Gasteiger charge is 2.14. The van der Waals surface area contributed by atoms with E-state index in [0.717, 1.165) is 17.0 Å². The van der Waals surface area contributed by atoms with E-state index in [1.54, 1.807) is 12.3 Å². The van der Waals surface area contributed by atoms with Crippen LogP contribution in [0.15, 0.2) is 42.6 Å². The number of fused-ring (bicyclic) bond motifs is 1. The average Bonchev–Trinajstić information content (AvgIpc) is 2.50. The summed E-state index contributed by atoms with van der Waals surface area (Å²) in [4.78, 5) is 19.5. The van der Waals surface area contributed by atoms with Crippen molar-refractivity contribution in [2.75, 3.05) is 11.1 Å². The fraction of sp³-hybridized carbons (Fsp3) is 0.